The first-order chi connectivity index (χ1) is 4.35. The van der Waals surface area contributed by atoms with E-state index >= 15 is 0 Å². The van der Waals surface area contributed by atoms with E-state index in [4.69, 9.17) is 0 Å². The molecule has 3 nitrogen and oxygen atoms in total. The summed E-state index contributed by atoms with van der Waals surface area (Å²) in [6.07, 6.45) is 0. The third-order valence-electron chi connectivity index (χ3n) is 0.935. The maximum atomic E-state index is 10.7. The molecule has 0 atom stereocenters. The van der Waals surface area contributed by atoms with E-state index in [1.807, 2.05) is 0 Å². The summed E-state index contributed by atoms with van der Waals surface area (Å²) in [4.78, 5) is 10.7. The van der Waals surface area contributed by atoms with Gasteiger partial charge in [0.2, 0.25) is 0 Å². The highest BCUT2D eigenvalue weighted by Gasteiger charge is 2.52. The first-order valence-corrected chi connectivity index (χ1v) is 5.38. The molecular formula is C3H2Br4N2O. The van der Waals surface area contributed by atoms with Crippen molar-refractivity contribution < 1.29 is 4.79 Å². The fourth-order valence-corrected chi connectivity index (χ4v) is 1.59. The first kappa shape index (κ1) is 9.28. The average molecular weight is 402 g/mol. The predicted molar refractivity (Wildman–Crippen MR) is 52.8 cm³/mol. The van der Waals surface area contributed by atoms with Gasteiger partial charge in [0.1, 0.15) is 0 Å². The Morgan fingerprint density at radius 1 is 1.00 bits per heavy atom. The van der Waals surface area contributed by atoms with Crippen molar-refractivity contribution in [2.75, 3.05) is 0 Å². The molecule has 1 heterocycles. The molecule has 1 rings (SSSR count). The van der Waals surface area contributed by atoms with Crippen LogP contribution in [0.4, 0.5) is 4.79 Å². The molecule has 0 aromatic heterocycles. The van der Waals surface area contributed by atoms with Gasteiger partial charge in [-0.1, -0.05) is 0 Å². The Bertz CT molecular complexity index is 161. The van der Waals surface area contributed by atoms with Crippen LogP contribution < -0.4 is 10.6 Å². The van der Waals surface area contributed by atoms with Gasteiger partial charge in [0.15, 0.2) is 6.71 Å². The number of nitrogens with one attached hydrogen (secondary N) is 2. The summed E-state index contributed by atoms with van der Waals surface area (Å²) >= 11 is 12.9. The van der Waals surface area contributed by atoms with Crippen LogP contribution in [0, 0.1) is 0 Å². The van der Waals surface area contributed by atoms with Crippen LogP contribution in [0.25, 0.3) is 0 Å². The molecule has 58 valence electrons. The second-order valence-corrected chi connectivity index (χ2v) is 8.61. The largest absolute Gasteiger partial charge is 0.318 e. The normalized spacial score (nSPS) is 27.4. The monoisotopic (exact) mass is 398 g/mol. The molecule has 2 N–H and O–H groups in total. The number of urea groups is 1. The number of halogens is 4. The lowest BCUT2D eigenvalue weighted by Gasteiger charge is -2.23. The summed E-state index contributed by atoms with van der Waals surface area (Å²) < 4.78 is -1.38. The molecule has 10 heavy (non-hydrogen) atoms. The quantitative estimate of drug-likeness (QED) is 0.474. The lowest BCUT2D eigenvalue weighted by molar-refractivity contribution is 0.248. The van der Waals surface area contributed by atoms with Gasteiger partial charge in [-0.3, -0.25) is 0 Å². The summed E-state index contributed by atoms with van der Waals surface area (Å²) in [5.41, 5.74) is 0. The van der Waals surface area contributed by atoms with Crippen molar-refractivity contribution in [3.8, 4) is 0 Å². The molecule has 1 fully saturated rings. The molecule has 1 aliphatic heterocycles. The second kappa shape index (κ2) is 2.60. The maximum absolute atomic E-state index is 10.7. The fraction of sp³-hybridized carbons (Fsp3) is 0.667. The number of hydrogen-bond donors (Lipinski definition) is 2. The van der Waals surface area contributed by atoms with Crippen LogP contribution >= 0.6 is 63.7 Å². The van der Waals surface area contributed by atoms with E-state index in [9.17, 15) is 4.79 Å². The number of carbonyl (C=O) groups is 1. The van der Waals surface area contributed by atoms with E-state index < -0.39 is 6.71 Å². The summed E-state index contributed by atoms with van der Waals surface area (Å²) in [6.45, 7) is 0. The number of rotatable bonds is 0. The Kier molecular flexibility index (Phi) is 2.41. The molecular weight excluding hydrogens is 400 g/mol. The molecule has 0 saturated carbocycles. The minimum atomic E-state index is -0.690. The predicted octanol–water partition coefficient (Wildman–Crippen LogP) is 2.19. The first-order valence-electron chi connectivity index (χ1n) is 2.21. The van der Waals surface area contributed by atoms with Crippen molar-refractivity contribution >= 4 is 69.8 Å². The summed E-state index contributed by atoms with van der Waals surface area (Å²) in [6, 6.07) is -0.262. The molecule has 0 bridgehead atoms. The van der Waals surface area contributed by atoms with Crippen LogP contribution in [0.3, 0.4) is 0 Å². The molecule has 1 aliphatic rings. The number of carbonyl (C=O) groups excluding carboxylic acids is 1. The molecule has 0 radical (unpaired) electrons. The van der Waals surface area contributed by atoms with Crippen LogP contribution in [-0.2, 0) is 0 Å². The minimum absolute atomic E-state index is 0.262. The van der Waals surface area contributed by atoms with Crippen LogP contribution in [0.15, 0.2) is 0 Å². The molecule has 0 aromatic rings. The van der Waals surface area contributed by atoms with Crippen LogP contribution in [0.2, 0.25) is 0 Å². The number of amides is 2. The van der Waals surface area contributed by atoms with E-state index in [0.717, 1.165) is 0 Å². The van der Waals surface area contributed by atoms with Crippen molar-refractivity contribution in [1.82, 2.24) is 10.6 Å². The number of hydrogen-bond acceptors (Lipinski definition) is 1. The Balaban J connectivity index is 2.88. The fourth-order valence-electron chi connectivity index (χ4n) is 0.473. The Hall–Kier alpha value is 1.19. The van der Waals surface area contributed by atoms with Gasteiger partial charge in [-0.2, -0.15) is 0 Å². The molecule has 0 aromatic carbocycles. The summed E-state index contributed by atoms with van der Waals surface area (Å²) in [5.74, 6) is 0. The van der Waals surface area contributed by atoms with E-state index in [2.05, 4.69) is 74.4 Å². The van der Waals surface area contributed by atoms with Gasteiger partial charge in [-0.05, 0) is 63.7 Å². The van der Waals surface area contributed by atoms with Crippen molar-refractivity contribution in [2.45, 2.75) is 6.71 Å². The highest BCUT2D eigenvalue weighted by Crippen LogP contribution is 2.46. The third kappa shape index (κ3) is 1.51. The maximum Gasteiger partial charge on any atom is 0.318 e. The highest BCUT2D eigenvalue weighted by molar-refractivity contribution is 9.30. The standard InChI is InChI=1S/C3H2Br4N2O/c4-2(5)3(6,7)9-1(10)8-2/h(H2,8,9,10). The molecule has 1 saturated heterocycles. The Morgan fingerprint density at radius 3 is 1.40 bits per heavy atom. The highest BCUT2D eigenvalue weighted by atomic mass is 79.9. The third-order valence-corrected chi connectivity index (χ3v) is 6.24. The average Bonchev–Trinajstić information content (AvgIpc) is 1.73. The smallest absolute Gasteiger partial charge is 0.310 e. The lowest BCUT2D eigenvalue weighted by Crippen LogP contribution is -2.41. The minimum Gasteiger partial charge on any atom is -0.310 e. The van der Waals surface area contributed by atoms with E-state index in [0.29, 0.717) is 0 Å². The summed E-state index contributed by atoms with van der Waals surface area (Å²) in [7, 11) is 0. The van der Waals surface area contributed by atoms with Gasteiger partial charge < -0.3 is 10.6 Å². The van der Waals surface area contributed by atoms with E-state index in [1.54, 1.807) is 0 Å². The van der Waals surface area contributed by atoms with Gasteiger partial charge in [-0.15, -0.1) is 0 Å². The molecule has 0 unspecified atom stereocenters. The van der Waals surface area contributed by atoms with Gasteiger partial charge in [-0.25, -0.2) is 4.79 Å². The van der Waals surface area contributed by atoms with E-state index in [1.165, 1.54) is 0 Å². The number of alkyl halides is 4. The molecule has 0 aliphatic carbocycles. The SMILES string of the molecule is O=C1NC(Br)(Br)C(Br)(Br)N1. The second-order valence-electron chi connectivity index (χ2n) is 1.73. The van der Waals surface area contributed by atoms with Crippen molar-refractivity contribution in [2.24, 2.45) is 0 Å². The summed E-state index contributed by atoms with van der Waals surface area (Å²) in [5, 5.41) is 5.15. The molecule has 7 heteroatoms. The van der Waals surface area contributed by atoms with Crippen molar-refractivity contribution in [3.63, 3.8) is 0 Å². The lowest BCUT2D eigenvalue weighted by atomic mass is 10.7. The zero-order valence-corrected chi connectivity index (χ0v) is 10.8. The van der Waals surface area contributed by atoms with Crippen LogP contribution in [-0.4, -0.2) is 12.7 Å². The Labute approximate surface area is 91.2 Å². The van der Waals surface area contributed by atoms with E-state index in [-0.39, 0.29) is 6.03 Å². The van der Waals surface area contributed by atoms with Crippen molar-refractivity contribution in [3.05, 3.63) is 0 Å². The van der Waals surface area contributed by atoms with Gasteiger partial charge in [0.25, 0.3) is 0 Å². The molecule has 2 amide bonds. The zero-order chi connectivity index (χ0) is 7.99. The van der Waals surface area contributed by atoms with Crippen LogP contribution in [0.5, 0.6) is 0 Å². The topological polar surface area (TPSA) is 41.1 Å². The van der Waals surface area contributed by atoms with Gasteiger partial charge >= 0.3 is 6.03 Å². The zero-order valence-electron chi connectivity index (χ0n) is 4.42. The molecule has 0 spiro atoms. The van der Waals surface area contributed by atoms with Gasteiger partial charge in [0, 0.05) is 0 Å². The van der Waals surface area contributed by atoms with Gasteiger partial charge in [0.05, 0.1) is 0 Å². The van der Waals surface area contributed by atoms with Crippen LogP contribution in [0.1, 0.15) is 0 Å². The Morgan fingerprint density at radius 2 is 1.30 bits per heavy atom. The van der Waals surface area contributed by atoms with Crippen molar-refractivity contribution in [1.29, 1.82) is 0 Å².